The van der Waals surface area contributed by atoms with Gasteiger partial charge in [-0.05, 0) is 68.3 Å². The highest BCUT2D eigenvalue weighted by Crippen LogP contribution is 2.29. The molecule has 12 nitrogen and oxygen atoms in total. The van der Waals surface area contributed by atoms with Crippen molar-refractivity contribution < 1.29 is 28.6 Å². The molecular formula is C38H62N6O6S. The first-order valence-corrected chi connectivity index (χ1v) is 20.0. The van der Waals surface area contributed by atoms with E-state index < -0.39 is 6.04 Å². The highest BCUT2D eigenvalue weighted by Gasteiger charge is 2.31. The first-order valence-electron chi connectivity index (χ1n) is 19.2. The molecule has 3 amide bonds. The van der Waals surface area contributed by atoms with Gasteiger partial charge in [0.05, 0.1) is 54.9 Å². The second-order valence-corrected chi connectivity index (χ2v) is 15.3. The molecule has 286 valence electrons. The molecule has 2 unspecified atom stereocenters. The van der Waals surface area contributed by atoms with Gasteiger partial charge in [0.25, 0.3) is 0 Å². The summed E-state index contributed by atoms with van der Waals surface area (Å²) >= 11 is 1.58. The van der Waals surface area contributed by atoms with Crippen LogP contribution in [0.4, 0.5) is 0 Å². The number of thiazole rings is 1. The molecule has 2 aromatic rings. The van der Waals surface area contributed by atoms with E-state index >= 15 is 0 Å². The summed E-state index contributed by atoms with van der Waals surface area (Å²) < 4.78 is 17.6. The minimum absolute atomic E-state index is 0.0494. The molecule has 5 N–H and O–H groups in total. The minimum atomic E-state index is -0.744. The molecule has 51 heavy (non-hydrogen) atoms. The van der Waals surface area contributed by atoms with Crippen LogP contribution in [0.3, 0.4) is 0 Å². The van der Waals surface area contributed by atoms with E-state index in [1.54, 1.807) is 18.3 Å². The number of nitrogens with zero attached hydrogens (tertiary/aromatic N) is 2. The molecule has 2 heterocycles. The van der Waals surface area contributed by atoms with E-state index in [0.717, 1.165) is 73.4 Å². The molecule has 1 aliphatic carbocycles. The Bertz CT molecular complexity index is 1340. The summed E-state index contributed by atoms with van der Waals surface area (Å²) in [6, 6.07) is 5.36. The Morgan fingerprint density at radius 2 is 1.63 bits per heavy atom. The summed E-state index contributed by atoms with van der Waals surface area (Å²) in [6.45, 7) is 12.9. The van der Waals surface area contributed by atoms with Crippen molar-refractivity contribution in [1.82, 2.24) is 25.8 Å². The number of likely N-dealkylation sites (tertiary alicyclic amines) is 1. The van der Waals surface area contributed by atoms with Gasteiger partial charge >= 0.3 is 0 Å². The Morgan fingerprint density at radius 1 is 0.941 bits per heavy atom. The molecular weight excluding hydrogens is 669 g/mol. The summed E-state index contributed by atoms with van der Waals surface area (Å²) in [7, 11) is 0. The van der Waals surface area contributed by atoms with E-state index in [9.17, 15) is 14.4 Å². The minimum Gasteiger partial charge on any atom is -0.378 e. The fourth-order valence-electron chi connectivity index (χ4n) is 6.86. The number of rotatable bonds is 22. The van der Waals surface area contributed by atoms with Crippen molar-refractivity contribution in [2.75, 3.05) is 72.4 Å². The molecule has 1 aromatic carbocycles. The average molecular weight is 731 g/mol. The number of hydrogen-bond donors (Lipinski definition) is 4. The smallest absolute Gasteiger partial charge is 0.243 e. The van der Waals surface area contributed by atoms with E-state index in [1.165, 1.54) is 12.0 Å². The van der Waals surface area contributed by atoms with Crippen LogP contribution in [0.2, 0.25) is 0 Å². The van der Waals surface area contributed by atoms with E-state index in [2.05, 4.69) is 46.8 Å². The average Bonchev–Trinajstić information content (AvgIpc) is 3.55. The van der Waals surface area contributed by atoms with E-state index in [1.807, 2.05) is 6.07 Å². The Kier molecular flexibility index (Phi) is 18.0. The number of piperidine rings is 1. The van der Waals surface area contributed by atoms with Crippen LogP contribution in [0.25, 0.3) is 10.2 Å². The lowest BCUT2D eigenvalue weighted by Crippen LogP contribution is -2.55. The van der Waals surface area contributed by atoms with Crippen LogP contribution in [-0.4, -0.2) is 112 Å². The van der Waals surface area contributed by atoms with E-state index in [-0.39, 0.29) is 42.0 Å². The topological polar surface area (TPSA) is 157 Å². The Balaban J connectivity index is 1.26. The van der Waals surface area contributed by atoms with Gasteiger partial charge in [0, 0.05) is 44.4 Å². The number of ether oxygens (including phenoxy) is 3. The van der Waals surface area contributed by atoms with Crippen LogP contribution in [0.5, 0.6) is 0 Å². The second-order valence-electron chi connectivity index (χ2n) is 14.2. The maximum Gasteiger partial charge on any atom is 0.243 e. The number of nitrogens with two attached hydrogens (primary N) is 1. The van der Waals surface area contributed by atoms with Gasteiger partial charge in [-0.3, -0.25) is 14.4 Å². The third-order valence-corrected chi connectivity index (χ3v) is 11.1. The molecule has 0 spiro atoms. The molecule has 2 fully saturated rings. The molecule has 1 aromatic heterocycles. The molecule has 2 atom stereocenters. The van der Waals surface area contributed by atoms with Crippen molar-refractivity contribution in [3.63, 3.8) is 0 Å². The second kappa shape index (κ2) is 22.4. The summed E-state index contributed by atoms with van der Waals surface area (Å²) in [6.07, 6.45) is 7.65. The van der Waals surface area contributed by atoms with Gasteiger partial charge in [-0.2, -0.15) is 0 Å². The van der Waals surface area contributed by atoms with Gasteiger partial charge in [0.2, 0.25) is 17.7 Å². The molecule has 1 aliphatic heterocycles. The van der Waals surface area contributed by atoms with Gasteiger partial charge in [-0.1, -0.05) is 46.1 Å². The fourth-order valence-corrected chi connectivity index (χ4v) is 7.92. The van der Waals surface area contributed by atoms with Crippen molar-refractivity contribution in [1.29, 1.82) is 0 Å². The number of carbonyl (C=O) groups excluding carboxylic acids is 3. The van der Waals surface area contributed by atoms with Crippen LogP contribution in [-0.2, 0) is 35.0 Å². The third kappa shape index (κ3) is 14.0. The summed E-state index contributed by atoms with van der Waals surface area (Å²) in [5.74, 6) is 0.299. The number of carbonyl (C=O) groups is 3. The lowest BCUT2D eigenvalue weighted by molar-refractivity contribution is -0.130. The summed E-state index contributed by atoms with van der Waals surface area (Å²) in [5, 5.41) is 10.3. The van der Waals surface area contributed by atoms with Crippen molar-refractivity contribution in [3.8, 4) is 0 Å². The van der Waals surface area contributed by atoms with E-state index in [0.29, 0.717) is 65.1 Å². The maximum atomic E-state index is 13.9. The highest BCUT2D eigenvalue weighted by molar-refractivity contribution is 7.18. The first kappa shape index (κ1) is 41.1. The Morgan fingerprint density at radius 3 is 2.29 bits per heavy atom. The molecule has 1 saturated carbocycles. The largest absolute Gasteiger partial charge is 0.378 e. The number of fused-ring (bicyclic) bond motifs is 1. The fraction of sp³-hybridized carbons (Fsp3) is 0.737. The number of nitrogens with one attached hydrogen (secondary N) is 3. The molecule has 0 radical (unpaired) electrons. The van der Waals surface area contributed by atoms with E-state index in [4.69, 9.17) is 24.9 Å². The zero-order valence-electron chi connectivity index (χ0n) is 31.1. The number of aromatic nitrogens is 1. The highest BCUT2D eigenvalue weighted by atomic mass is 32.1. The van der Waals surface area contributed by atoms with Gasteiger partial charge in [-0.25, -0.2) is 4.98 Å². The van der Waals surface area contributed by atoms with Crippen molar-refractivity contribution >= 4 is 39.3 Å². The molecule has 2 aliphatic rings. The SMILES string of the molecule is CCC(=O)NC(Cc1nc2ccc(C(C)C)cc2s1)C(=O)NC(CNC(=O)C1CCN(CCOCCOCCOCCN)CC1)C1CCCCC1. The van der Waals surface area contributed by atoms with Crippen LogP contribution < -0.4 is 21.7 Å². The van der Waals surface area contributed by atoms with Crippen LogP contribution >= 0.6 is 11.3 Å². The Labute approximate surface area is 308 Å². The summed E-state index contributed by atoms with van der Waals surface area (Å²) in [5.41, 5.74) is 7.55. The predicted octanol–water partition coefficient (Wildman–Crippen LogP) is 3.76. The van der Waals surface area contributed by atoms with Crippen molar-refractivity contribution in [2.45, 2.75) is 96.6 Å². The van der Waals surface area contributed by atoms with Crippen LogP contribution in [0, 0.1) is 11.8 Å². The molecule has 13 heteroatoms. The predicted molar refractivity (Wildman–Crippen MR) is 202 cm³/mol. The normalized spacial score (nSPS) is 17.4. The lowest BCUT2D eigenvalue weighted by atomic mass is 9.83. The van der Waals surface area contributed by atoms with Crippen molar-refractivity contribution in [3.05, 3.63) is 28.8 Å². The number of amides is 3. The van der Waals surface area contributed by atoms with Gasteiger partial charge < -0.3 is 40.8 Å². The molecule has 0 bridgehead atoms. The van der Waals surface area contributed by atoms with Crippen LogP contribution in [0.15, 0.2) is 18.2 Å². The molecule has 4 rings (SSSR count). The standard InChI is InChI=1S/C38H62N6O6S/c1-4-35(45)41-32(25-36-42-31-11-10-30(27(2)3)24-34(31)51-36)38(47)43-33(28-8-6-5-7-9-28)26-40-37(46)29-12-15-44(16-13-29)17-19-49-21-23-50-22-20-48-18-14-39/h10-11,24,27-29,32-33H,4-9,12-23,25-26,39H2,1-3H3,(H,40,46)(H,41,45)(H,43,47). The third-order valence-electron chi connectivity index (χ3n) is 10.0. The zero-order chi connectivity index (χ0) is 36.4. The zero-order valence-corrected chi connectivity index (χ0v) is 31.9. The van der Waals surface area contributed by atoms with Crippen LogP contribution in [0.1, 0.15) is 88.6 Å². The quantitative estimate of drug-likeness (QED) is 0.133. The first-order chi connectivity index (χ1) is 24.8. The monoisotopic (exact) mass is 730 g/mol. The number of benzene rings is 1. The molecule has 1 saturated heterocycles. The lowest BCUT2D eigenvalue weighted by Gasteiger charge is -2.34. The maximum absolute atomic E-state index is 13.9. The van der Waals surface area contributed by atoms with Gasteiger partial charge in [0.15, 0.2) is 0 Å². The summed E-state index contributed by atoms with van der Waals surface area (Å²) in [4.78, 5) is 47.0. The van der Waals surface area contributed by atoms with Crippen molar-refractivity contribution in [2.24, 2.45) is 17.6 Å². The Hall–Kier alpha value is -2.68. The number of hydrogen-bond acceptors (Lipinski definition) is 10. The van der Waals surface area contributed by atoms with Gasteiger partial charge in [0.1, 0.15) is 6.04 Å². The van der Waals surface area contributed by atoms with Gasteiger partial charge in [-0.15, -0.1) is 11.3 Å².